The molecule has 1 aliphatic carbocycles. The van der Waals surface area contributed by atoms with Gasteiger partial charge in [-0.05, 0) is 54.5 Å². The maximum atomic E-state index is 13.3. The highest BCUT2D eigenvalue weighted by molar-refractivity contribution is 7.89. The van der Waals surface area contributed by atoms with Gasteiger partial charge in [0.05, 0.1) is 4.90 Å². The second-order valence-electron chi connectivity index (χ2n) is 6.86. The van der Waals surface area contributed by atoms with Crippen molar-refractivity contribution in [2.45, 2.75) is 36.6 Å². The SMILES string of the molecule is O=C1NCCN(S(=O)(=O)c2ccc3c(c2)CCCC3)C1c1ccccc1. The summed E-state index contributed by atoms with van der Waals surface area (Å²) in [5.41, 5.74) is 3.05. The van der Waals surface area contributed by atoms with E-state index < -0.39 is 16.1 Å². The molecule has 2 aliphatic rings. The number of aryl methyl sites for hydroxylation is 2. The molecule has 1 unspecified atom stereocenters. The minimum absolute atomic E-state index is 0.269. The smallest absolute Gasteiger partial charge is 0.244 e. The Morgan fingerprint density at radius 2 is 1.69 bits per heavy atom. The molecular weight excluding hydrogens is 348 g/mol. The standard InChI is InChI=1S/C20H22N2O3S/c23-20-19(16-7-2-1-3-8-16)22(13-12-21-20)26(24,25)18-11-10-15-6-4-5-9-17(15)14-18/h1-3,7-8,10-11,14,19H,4-6,9,12-13H2,(H,21,23). The number of carbonyl (C=O) groups excluding carboxylic acids is 1. The molecule has 1 amide bonds. The van der Waals surface area contributed by atoms with Crippen LogP contribution in [0.25, 0.3) is 0 Å². The minimum Gasteiger partial charge on any atom is -0.353 e. The van der Waals surface area contributed by atoms with Crippen LogP contribution in [0.2, 0.25) is 0 Å². The summed E-state index contributed by atoms with van der Waals surface area (Å²) in [4.78, 5) is 12.8. The molecule has 1 atom stereocenters. The maximum Gasteiger partial charge on any atom is 0.244 e. The lowest BCUT2D eigenvalue weighted by atomic mass is 9.92. The molecule has 1 heterocycles. The van der Waals surface area contributed by atoms with Gasteiger partial charge < -0.3 is 5.32 Å². The molecule has 0 saturated carbocycles. The summed E-state index contributed by atoms with van der Waals surface area (Å²) in [6, 6.07) is 13.7. The first-order valence-electron chi connectivity index (χ1n) is 9.04. The van der Waals surface area contributed by atoms with Gasteiger partial charge in [0, 0.05) is 13.1 Å². The van der Waals surface area contributed by atoms with Crippen LogP contribution in [0.1, 0.15) is 35.6 Å². The van der Waals surface area contributed by atoms with E-state index in [1.807, 2.05) is 24.3 Å². The number of nitrogens with zero attached hydrogens (tertiary/aromatic N) is 1. The first-order chi connectivity index (χ1) is 12.6. The van der Waals surface area contributed by atoms with Crippen LogP contribution in [0.4, 0.5) is 0 Å². The number of sulfonamides is 1. The molecule has 1 aliphatic heterocycles. The van der Waals surface area contributed by atoms with Crippen LogP contribution < -0.4 is 5.32 Å². The molecule has 0 radical (unpaired) electrons. The summed E-state index contributed by atoms with van der Waals surface area (Å²) < 4.78 is 28.0. The predicted octanol–water partition coefficient (Wildman–Crippen LogP) is 2.43. The average Bonchev–Trinajstić information content (AvgIpc) is 2.68. The number of rotatable bonds is 3. The summed E-state index contributed by atoms with van der Waals surface area (Å²) in [5, 5.41) is 2.79. The number of piperazine rings is 1. The molecule has 136 valence electrons. The third kappa shape index (κ3) is 3.04. The van der Waals surface area contributed by atoms with Crippen molar-refractivity contribution in [3.63, 3.8) is 0 Å². The van der Waals surface area contributed by atoms with Gasteiger partial charge in [-0.3, -0.25) is 4.79 Å². The van der Waals surface area contributed by atoms with Crippen molar-refractivity contribution in [3.8, 4) is 0 Å². The number of benzene rings is 2. The van der Waals surface area contributed by atoms with Crippen LogP contribution in [0.5, 0.6) is 0 Å². The van der Waals surface area contributed by atoms with E-state index in [-0.39, 0.29) is 17.3 Å². The van der Waals surface area contributed by atoms with E-state index >= 15 is 0 Å². The lowest BCUT2D eigenvalue weighted by Crippen LogP contribution is -2.52. The van der Waals surface area contributed by atoms with Gasteiger partial charge >= 0.3 is 0 Å². The van der Waals surface area contributed by atoms with Gasteiger partial charge in [0.15, 0.2) is 0 Å². The first-order valence-corrected chi connectivity index (χ1v) is 10.5. The van der Waals surface area contributed by atoms with Crippen LogP contribution >= 0.6 is 0 Å². The number of nitrogens with one attached hydrogen (secondary N) is 1. The van der Waals surface area contributed by atoms with Crippen LogP contribution in [-0.2, 0) is 27.7 Å². The van der Waals surface area contributed by atoms with Gasteiger partial charge in [-0.1, -0.05) is 36.4 Å². The Hall–Kier alpha value is -2.18. The highest BCUT2D eigenvalue weighted by Crippen LogP contribution is 2.31. The van der Waals surface area contributed by atoms with E-state index in [4.69, 9.17) is 0 Å². The molecule has 0 aromatic heterocycles. The fourth-order valence-electron chi connectivity index (χ4n) is 3.86. The summed E-state index contributed by atoms with van der Waals surface area (Å²) in [7, 11) is -3.75. The summed E-state index contributed by atoms with van der Waals surface area (Å²) in [6.07, 6.45) is 4.17. The highest BCUT2D eigenvalue weighted by atomic mass is 32.2. The molecule has 4 rings (SSSR count). The van der Waals surface area contributed by atoms with Gasteiger partial charge in [0.2, 0.25) is 15.9 Å². The molecule has 2 aromatic carbocycles. The van der Waals surface area contributed by atoms with Crippen molar-refractivity contribution in [3.05, 3.63) is 65.2 Å². The predicted molar refractivity (Wildman–Crippen MR) is 99.2 cm³/mol. The zero-order valence-corrected chi connectivity index (χ0v) is 15.3. The second kappa shape index (κ2) is 6.85. The Labute approximate surface area is 154 Å². The van der Waals surface area contributed by atoms with Crippen molar-refractivity contribution in [1.82, 2.24) is 9.62 Å². The molecule has 1 fully saturated rings. The van der Waals surface area contributed by atoms with Crippen LogP contribution in [0, 0.1) is 0 Å². The second-order valence-corrected chi connectivity index (χ2v) is 8.75. The van der Waals surface area contributed by atoms with Gasteiger partial charge in [-0.25, -0.2) is 8.42 Å². The Balaban J connectivity index is 1.75. The Bertz CT molecular complexity index is 925. The van der Waals surface area contributed by atoms with E-state index in [0.29, 0.717) is 12.1 Å². The topological polar surface area (TPSA) is 66.5 Å². The minimum atomic E-state index is -3.75. The normalized spacial score (nSPS) is 21.1. The van der Waals surface area contributed by atoms with Gasteiger partial charge in [-0.2, -0.15) is 4.31 Å². The van der Waals surface area contributed by atoms with Gasteiger partial charge in [0.1, 0.15) is 6.04 Å². The molecule has 0 bridgehead atoms. The summed E-state index contributed by atoms with van der Waals surface area (Å²) >= 11 is 0. The van der Waals surface area contributed by atoms with E-state index in [1.165, 1.54) is 9.87 Å². The lowest BCUT2D eigenvalue weighted by Gasteiger charge is -2.34. The third-order valence-corrected chi connectivity index (χ3v) is 7.07. The van der Waals surface area contributed by atoms with Crippen LogP contribution in [-0.4, -0.2) is 31.7 Å². The van der Waals surface area contributed by atoms with E-state index in [2.05, 4.69) is 5.32 Å². The lowest BCUT2D eigenvalue weighted by molar-refractivity contribution is -0.126. The fraction of sp³-hybridized carbons (Fsp3) is 0.350. The van der Waals surface area contributed by atoms with Crippen LogP contribution in [0.15, 0.2) is 53.4 Å². The highest BCUT2D eigenvalue weighted by Gasteiger charge is 2.39. The number of amides is 1. The van der Waals surface area contributed by atoms with Gasteiger partial charge in [-0.15, -0.1) is 0 Å². The largest absolute Gasteiger partial charge is 0.353 e. The monoisotopic (exact) mass is 370 g/mol. The quantitative estimate of drug-likeness (QED) is 0.902. The Morgan fingerprint density at radius 3 is 2.46 bits per heavy atom. The Kier molecular flexibility index (Phi) is 4.54. The molecular formula is C20H22N2O3S. The van der Waals surface area contributed by atoms with Crippen molar-refractivity contribution in [2.75, 3.05) is 13.1 Å². The third-order valence-electron chi connectivity index (χ3n) is 5.21. The average molecular weight is 370 g/mol. The molecule has 0 spiro atoms. The van der Waals surface area contributed by atoms with Gasteiger partial charge in [0.25, 0.3) is 0 Å². The molecule has 5 nitrogen and oxygen atoms in total. The van der Waals surface area contributed by atoms with E-state index in [1.54, 1.807) is 24.3 Å². The molecule has 1 saturated heterocycles. The molecule has 2 aromatic rings. The van der Waals surface area contributed by atoms with E-state index in [9.17, 15) is 13.2 Å². The first kappa shape index (κ1) is 17.2. The Morgan fingerprint density at radius 1 is 0.962 bits per heavy atom. The van der Waals surface area contributed by atoms with Crippen molar-refractivity contribution in [1.29, 1.82) is 0 Å². The zero-order chi connectivity index (χ0) is 18.1. The summed E-state index contributed by atoms with van der Waals surface area (Å²) in [5.74, 6) is -0.274. The van der Waals surface area contributed by atoms with Crippen molar-refractivity contribution in [2.24, 2.45) is 0 Å². The zero-order valence-electron chi connectivity index (χ0n) is 14.5. The number of fused-ring (bicyclic) bond motifs is 1. The van der Waals surface area contributed by atoms with Crippen molar-refractivity contribution >= 4 is 15.9 Å². The number of carbonyl (C=O) groups is 1. The maximum absolute atomic E-state index is 13.3. The van der Waals surface area contributed by atoms with Crippen molar-refractivity contribution < 1.29 is 13.2 Å². The number of hydrogen-bond donors (Lipinski definition) is 1. The molecule has 1 N–H and O–H groups in total. The van der Waals surface area contributed by atoms with Crippen LogP contribution in [0.3, 0.4) is 0 Å². The summed E-state index contributed by atoms with van der Waals surface area (Å²) in [6.45, 7) is 0.594. The molecule has 6 heteroatoms. The molecule has 26 heavy (non-hydrogen) atoms. The fourth-order valence-corrected chi connectivity index (χ4v) is 5.49. The van der Waals surface area contributed by atoms with E-state index in [0.717, 1.165) is 31.2 Å². The number of hydrogen-bond acceptors (Lipinski definition) is 3.